The number of anilines is 2. The van der Waals surface area contributed by atoms with E-state index < -0.39 is 6.10 Å². The topological polar surface area (TPSA) is 93.7 Å². The van der Waals surface area contributed by atoms with Gasteiger partial charge in [-0.05, 0) is 31.0 Å². The number of nitrogens with two attached hydrogens (primary N) is 1. The summed E-state index contributed by atoms with van der Waals surface area (Å²) in [6.45, 7) is 3.37. The Morgan fingerprint density at radius 1 is 1.29 bits per heavy atom. The molecule has 0 bridgehead atoms. The van der Waals surface area contributed by atoms with Gasteiger partial charge in [-0.2, -0.15) is 4.98 Å². The second-order valence-electron chi connectivity index (χ2n) is 6.26. The Hall–Kier alpha value is -2.54. The van der Waals surface area contributed by atoms with Crippen molar-refractivity contribution in [2.24, 2.45) is 0 Å². The van der Waals surface area contributed by atoms with E-state index in [2.05, 4.69) is 9.97 Å². The maximum absolute atomic E-state index is 10.6. The lowest BCUT2D eigenvalue weighted by Gasteiger charge is -2.36. The van der Waals surface area contributed by atoms with Gasteiger partial charge in [0.25, 0.3) is 0 Å². The van der Waals surface area contributed by atoms with Crippen LogP contribution in [0.4, 0.5) is 11.8 Å². The van der Waals surface area contributed by atoms with Crippen LogP contribution in [0.5, 0.6) is 11.5 Å². The van der Waals surface area contributed by atoms with Gasteiger partial charge in [0, 0.05) is 30.8 Å². The number of rotatable bonds is 2. The van der Waals surface area contributed by atoms with Crippen molar-refractivity contribution in [2.45, 2.75) is 25.4 Å². The predicted molar refractivity (Wildman–Crippen MR) is 89.3 cm³/mol. The summed E-state index contributed by atoms with van der Waals surface area (Å²) in [6, 6.07) is 5.87. The molecule has 2 aliphatic rings. The first-order chi connectivity index (χ1) is 11.6. The van der Waals surface area contributed by atoms with Crippen LogP contribution in [-0.2, 0) is 0 Å². The van der Waals surface area contributed by atoms with Gasteiger partial charge in [0.2, 0.25) is 12.7 Å². The number of aliphatic hydroxyl groups excluding tert-OH is 1. The van der Waals surface area contributed by atoms with Gasteiger partial charge in [-0.25, -0.2) is 4.98 Å². The molecule has 1 aromatic heterocycles. The van der Waals surface area contributed by atoms with E-state index >= 15 is 0 Å². The van der Waals surface area contributed by atoms with Crippen molar-refractivity contribution in [1.29, 1.82) is 0 Å². The molecule has 0 radical (unpaired) electrons. The molecule has 2 atom stereocenters. The largest absolute Gasteiger partial charge is 0.454 e. The number of hydrogen-bond donors (Lipinski definition) is 2. The van der Waals surface area contributed by atoms with Crippen molar-refractivity contribution in [1.82, 2.24) is 9.97 Å². The number of nitrogen functional groups attached to an aromatic ring is 1. The molecule has 0 spiro atoms. The zero-order valence-corrected chi connectivity index (χ0v) is 13.5. The summed E-state index contributed by atoms with van der Waals surface area (Å²) >= 11 is 0. The number of aromatic nitrogens is 2. The quantitative estimate of drug-likeness (QED) is 0.861. The minimum atomic E-state index is -0.509. The molecule has 2 aromatic rings. The van der Waals surface area contributed by atoms with Crippen molar-refractivity contribution in [3.63, 3.8) is 0 Å². The first-order valence-electron chi connectivity index (χ1n) is 8.03. The zero-order valence-electron chi connectivity index (χ0n) is 13.5. The Balaban J connectivity index is 1.51. The van der Waals surface area contributed by atoms with Crippen LogP contribution in [0.3, 0.4) is 0 Å². The molecule has 126 valence electrons. The first kappa shape index (κ1) is 15.0. The third kappa shape index (κ3) is 2.60. The normalized spacial score (nSPS) is 22.7. The highest BCUT2D eigenvalue weighted by molar-refractivity contribution is 5.47. The lowest BCUT2D eigenvalue weighted by Crippen LogP contribution is -2.43. The number of hydrogen-bond acceptors (Lipinski definition) is 7. The van der Waals surface area contributed by atoms with Gasteiger partial charge in [0.05, 0.1) is 6.10 Å². The fourth-order valence-corrected chi connectivity index (χ4v) is 3.24. The summed E-state index contributed by atoms with van der Waals surface area (Å²) in [4.78, 5) is 10.6. The monoisotopic (exact) mass is 328 g/mol. The van der Waals surface area contributed by atoms with E-state index in [0.717, 1.165) is 35.6 Å². The lowest BCUT2D eigenvalue weighted by atomic mass is 9.87. The SMILES string of the molecule is Cc1cnc(N2CC[C@@H](c3ccc4c(c3)OCO4)[C@H](O)C2)nc1N. The highest BCUT2D eigenvalue weighted by Gasteiger charge is 2.31. The van der Waals surface area contributed by atoms with E-state index in [-0.39, 0.29) is 12.7 Å². The number of aryl methyl sites for hydroxylation is 1. The molecule has 3 heterocycles. The Morgan fingerprint density at radius 2 is 2.12 bits per heavy atom. The number of nitrogens with zero attached hydrogens (tertiary/aromatic N) is 3. The highest BCUT2D eigenvalue weighted by atomic mass is 16.7. The predicted octanol–water partition coefficient (Wildman–Crippen LogP) is 1.45. The van der Waals surface area contributed by atoms with Gasteiger partial charge in [-0.15, -0.1) is 0 Å². The van der Waals surface area contributed by atoms with Crippen LogP contribution in [0, 0.1) is 6.92 Å². The second-order valence-corrected chi connectivity index (χ2v) is 6.26. The molecule has 1 fully saturated rings. The molecule has 1 aromatic carbocycles. The van der Waals surface area contributed by atoms with Crippen LogP contribution in [-0.4, -0.2) is 41.1 Å². The zero-order chi connectivity index (χ0) is 16.7. The minimum Gasteiger partial charge on any atom is -0.454 e. The van der Waals surface area contributed by atoms with Crippen LogP contribution < -0.4 is 20.1 Å². The van der Waals surface area contributed by atoms with Crippen molar-refractivity contribution >= 4 is 11.8 Å². The number of aliphatic hydroxyl groups is 1. The number of ether oxygens (including phenoxy) is 2. The molecule has 0 aliphatic carbocycles. The number of β-amino-alcohol motifs (C(OH)–C–C–N with tert-alkyl or cyclic N) is 1. The highest BCUT2D eigenvalue weighted by Crippen LogP contribution is 2.37. The van der Waals surface area contributed by atoms with E-state index in [4.69, 9.17) is 15.2 Å². The smallest absolute Gasteiger partial charge is 0.231 e. The molecule has 4 rings (SSSR count). The Labute approximate surface area is 140 Å². The fraction of sp³-hybridized carbons (Fsp3) is 0.412. The molecule has 7 nitrogen and oxygen atoms in total. The maximum atomic E-state index is 10.6. The Morgan fingerprint density at radius 3 is 2.92 bits per heavy atom. The van der Waals surface area contributed by atoms with E-state index in [1.54, 1.807) is 6.20 Å². The average molecular weight is 328 g/mol. The summed E-state index contributed by atoms with van der Waals surface area (Å²) < 4.78 is 10.8. The summed E-state index contributed by atoms with van der Waals surface area (Å²) in [6.07, 6.45) is 2.01. The fourth-order valence-electron chi connectivity index (χ4n) is 3.24. The van der Waals surface area contributed by atoms with E-state index in [1.165, 1.54) is 0 Å². The van der Waals surface area contributed by atoms with E-state index in [9.17, 15) is 5.11 Å². The van der Waals surface area contributed by atoms with E-state index in [1.807, 2.05) is 30.0 Å². The van der Waals surface area contributed by atoms with Crippen LogP contribution in [0.25, 0.3) is 0 Å². The van der Waals surface area contributed by atoms with Gasteiger partial charge in [0.15, 0.2) is 11.5 Å². The van der Waals surface area contributed by atoms with Crippen molar-refractivity contribution < 1.29 is 14.6 Å². The molecule has 2 aliphatic heterocycles. The van der Waals surface area contributed by atoms with Crippen LogP contribution in [0.2, 0.25) is 0 Å². The molecular weight excluding hydrogens is 308 g/mol. The minimum absolute atomic E-state index is 0.0542. The van der Waals surface area contributed by atoms with Gasteiger partial charge < -0.3 is 25.2 Å². The Kier molecular flexibility index (Phi) is 3.65. The summed E-state index contributed by atoms with van der Waals surface area (Å²) in [5, 5.41) is 10.6. The van der Waals surface area contributed by atoms with Gasteiger partial charge >= 0.3 is 0 Å². The lowest BCUT2D eigenvalue weighted by molar-refractivity contribution is 0.129. The third-order valence-corrected chi connectivity index (χ3v) is 4.69. The molecule has 7 heteroatoms. The molecule has 24 heavy (non-hydrogen) atoms. The summed E-state index contributed by atoms with van der Waals surface area (Å²) in [5.41, 5.74) is 7.79. The number of fused-ring (bicyclic) bond motifs is 1. The molecule has 0 saturated carbocycles. The van der Waals surface area contributed by atoms with Crippen LogP contribution >= 0.6 is 0 Å². The average Bonchev–Trinajstić information content (AvgIpc) is 3.05. The molecular formula is C17H20N4O3. The standard InChI is InChI=1S/C17H20N4O3/c1-10-7-19-17(20-16(10)18)21-5-4-12(13(22)8-21)11-2-3-14-15(6-11)24-9-23-14/h2-3,6-7,12-13,22H,4-5,8-9H2,1H3,(H2,18,19,20)/t12-,13+/m0/s1. The van der Waals surface area contributed by atoms with Crippen LogP contribution in [0.1, 0.15) is 23.5 Å². The Bertz CT molecular complexity index is 767. The number of piperidine rings is 1. The third-order valence-electron chi connectivity index (χ3n) is 4.69. The van der Waals surface area contributed by atoms with Crippen molar-refractivity contribution in [3.05, 3.63) is 35.5 Å². The summed E-state index contributed by atoms with van der Waals surface area (Å²) in [5.74, 6) is 2.61. The molecule has 3 N–H and O–H groups in total. The van der Waals surface area contributed by atoms with E-state index in [0.29, 0.717) is 18.3 Å². The van der Waals surface area contributed by atoms with Crippen molar-refractivity contribution in [2.75, 3.05) is 30.5 Å². The van der Waals surface area contributed by atoms with Gasteiger partial charge in [-0.3, -0.25) is 0 Å². The first-order valence-corrected chi connectivity index (χ1v) is 8.03. The van der Waals surface area contributed by atoms with Crippen molar-refractivity contribution in [3.8, 4) is 11.5 Å². The molecule has 0 amide bonds. The van der Waals surface area contributed by atoms with Gasteiger partial charge in [0.1, 0.15) is 5.82 Å². The molecule has 1 saturated heterocycles. The number of benzene rings is 1. The van der Waals surface area contributed by atoms with Crippen LogP contribution in [0.15, 0.2) is 24.4 Å². The summed E-state index contributed by atoms with van der Waals surface area (Å²) in [7, 11) is 0. The maximum Gasteiger partial charge on any atom is 0.231 e. The second kappa shape index (κ2) is 5.83. The molecule has 0 unspecified atom stereocenters. The van der Waals surface area contributed by atoms with Gasteiger partial charge in [-0.1, -0.05) is 6.07 Å².